The van der Waals surface area contributed by atoms with Crippen molar-refractivity contribution in [2.45, 2.75) is 237 Å². The lowest BCUT2D eigenvalue weighted by Crippen LogP contribution is -2.59. The number of hydrogen-bond donors (Lipinski definition) is 4. The van der Waals surface area contributed by atoms with Crippen molar-refractivity contribution >= 4 is 48.8 Å². The second-order valence-electron chi connectivity index (χ2n) is 29.9. The molecule has 3 saturated heterocycles. The molecule has 3 unspecified atom stereocenters. The first-order valence-electron chi connectivity index (χ1n) is 33.3. The number of aromatic hydroxyl groups is 1. The summed E-state index contributed by atoms with van der Waals surface area (Å²) in [5.74, 6) is 2.43. The monoisotopic (exact) mass is 1260 g/mol. The first-order valence-corrected chi connectivity index (χ1v) is 33.3. The Hall–Kier alpha value is -4.44. The number of alkyl carbamates (subject to hydrolysis) is 1. The topological polar surface area (TPSA) is 184 Å². The second kappa shape index (κ2) is 29.0. The van der Waals surface area contributed by atoms with Crippen molar-refractivity contribution in [1.82, 2.24) is 20.0 Å². The van der Waals surface area contributed by atoms with Crippen molar-refractivity contribution in [2.75, 3.05) is 40.8 Å². The summed E-state index contributed by atoms with van der Waals surface area (Å²) in [5, 5.41) is 21.0. The van der Waals surface area contributed by atoms with Gasteiger partial charge in [0.25, 0.3) is 0 Å². The number of fused-ring (bicyclic) bond motifs is 3. The number of nitrogens with one attached hydrogen (secondary N) is 1. The number of carboxylic acids is 1. The van der Waals surface area contributed by atoms with E-state index in [0.717, 1.165) is 37.3 Å². The number of halogens is 2. The van der Waals surface area contributed by atoms with Gasteiger partial charge in [-0.2, -0.15) is 0 Å². The summed E-state index contributed by atoms with van der Waals surface area (Å²) in [6.07, 6.45) is 22.3. The molecule has 6 bridgehead atoms. The fourth-order valence-corrected chi connectivity index (χ4v) is 17.5. The van der Waals surface area contributed by atoms with Crippen molar-refractivity contribution in [3.8, 4) is 17.2 Å². The zero-order valence-electron chi connectivity index (χ0n) is 55.5. The number of amides is 1. The Labute approximate surface area is 539 Å². The number of carboxylic acid groups (broad SMARTS) is 1. The largest absolute Gasteiger partial charge is 0.508 e. The molecule has 9 aliphatic rings. The molecule has 3 aromatic carbocycles. The third kappa shape index (κ3) is 14.7. The van der Waals surface area contributed by atoms with Crippen LogP contribution in [0.15, 0.2) is 54.6 Å². The van der Waals surface area contributed by atoms with E-state index in [9.17, 15) is 24.3 Å². The summed E-state index contributed by atoms with van der Waals surface area (Å²) >= 11 is 0. The molecule has 14 nitrogen and oxygen atoms in total. The average Bonchev–Trinajstić information content (AvgIpc) is 0.876. The Balaban J connectivity index is 0.000000180. The molecular formula is C72H109Cl2N5O9. The van der Waals surface area contributed by atoms with E-state index in [1.165, 1.54) is 149 Å². The zero-order chi connectivity index (χ0) is 62.2. The van der Waals surface area contributed by atoms with E-state index >= 15 is 0 Å². The lowest BCUT2D eigenvalue weighted by Gasteiger charge is -2.58. The summed E-state index contributed by atoms with van der Waals surface area (Å²) < 4.78 is 16.9. The van der Waals surface area contributed by atoms with Crippen molar-refractivity contribution in [2.24, 2.45) is 47.2 Å². The fraction of sp³-hybridized carbons (Fsp3) is 0.694. The molecule has 0 spiro atoms. The number of nitrogens with two attached hydrogens (primary N) is 1. The first-order chi connectivity index (χ1) is 40.7. The highest BCUT2D eigenvalue weighted by Gasteiger charge is 2.56. The summed E-state index contributed by atoms with van der Waals surface area (Å²) in [5.41, 5.74) is 14.9. The van der Waals surface area contributed by atoms with Gasteiger partial charge in [-0.05, 0) is 244 Å². The quantitative estimate of drug-likeness (QED) is 0.117. The van der Waals surface area contributed by atoms with Crippen LogP contribution >= 0.6 is 24.8 Å². The molecule has 6 aliphatic carbocycles. The van der Waals surface area contributed by atoms with Crippen LogP contribution in [-0.2, 0) is 54.6 Å². The number of carbonyl (C=O) groups excluding carboxylic acids is 3. The van der Waals surface area contributed by atoms with E-state index in [-0.39, 0.29) is 65.3 Å². The van der Waals surface area contributed by atoms with E-state index in [0.29, 0.717) is 40.7 Å². The Morgan fingerprint density at radius 3 is 1.30 bits per heavy atom. The molecule has 3 aliphatic heterocycles. The number of ether oxygens (including phenoxy) is 3. The maximum absolute atomic E-state index is 13.1. The van der Waals surface area contributed by atoms with E-state index in [2.05, 4.69) is 77.6 Å². The van der Waals surface area contributed by atoms with Crippen LogP contribution in [0.1, 0.15) is 199 Å². The highest BCUT2D eigenvalue weighted by atomic mass is 35.5. The number of aliphatic carboxylic acids is 1. The molecule has 88 heavy (non-hydrogen) atoms. The van der Waals surface area contributed by atoms with Crippen LogP contribution < -0.4 is 20.5 Å². The Morgan fingerprint density at radius 2 is 0.943 bits per heavy atom. The van der Waals surface area contributed by atoms with Gasteiger partial charge in [0.15, 0.2) is 0 Å². The van der Waals surface area contributed by atoms with Crippen molar-refractivity contribution in [3.05, 3.63) is 88.0 Å². The molecular weight excluding hydrogens is 1150 g/mol. The molecule has 0 aromatic heterocycles. The van der Waals surface area contributed by atoms with Gasteiger partial charge in [-0.15, -0.1) is 24.8 Å². The highest BCUT2D eigenvalue weighted by Crippen LogP contribution is 2.59. The van der Waals surface area contributed by atoms with Gasteiger partial charge in [0, 0.05) is 34.4 Å². The predicted octanol–water partition coefficient (Wildman–Crippen LogP) is 13.4. The number of esters is 2. The Kier molecular flexibility index (Phi) is 23.4. The molecule has 6 fully saturated rings. The molecule has 3 saturated carbocycles. The number of likely N-dealkylation sites (tertiary alicyclic amines) is 3. The van der Waals surface area contributed by atoms with Gasteiger partial charge in [0.05, 0.1) is 5.92 Å². The third-order valence-corrected chi connectivity index (χ3v) is 22.7. The van der Waals surface area contributed by atoms with Gasteiger partial charge in [0.2, 0.25) is 0 Å². The Morgan fingerprint density at radius 1 is 0.557 bits per heavy atom. The predicted molar refractivity (Wildman–Crippen MR) is 354 cm³/mol. The van der Waals surface area contributed by atoms with Crippen LogP contribution in [0.5, 0.6) is 17.2 Å². The number of hydrogen-bond acceptors (Lipinski definition) is 12. The normalized spacial score (nSPS) is 29.2. The lowest BCUT2D eigenvalue weighted by molar-refractivity contribution is -0.142. The molecule has 0 radical (unpaired) electrons. The van der Waals surface area contributed by atoms with Gasteiger partial charge in [-0.1, -0.05) is 105 Å². The maximum Gasteiger partial charge on any atom is 0.408 e. The number of piperidine rings is 3. The summed E-state index contributed by atoms with van der Waals surface area (Å²) in [7, 11) is 6.86. The van der Waals surface area contributed by atoms with Gasteiger partial charge in [-0.25, -0.2) is 14.4 Å². The van der Waals surface area contributed by atoms with E-state index in [1.54, 1.807) is 27.7 Å². The van der Waals surface area contributed by atoms with E-state index in [4.69, 9.17) is 25.1 Å². The van der Waals surface area contributed by atoms with E-state index in [1.807, 2.05) is 59.7 Å². The number of benzene rings is 3. The number of nitrogens with zero attached hydrogens (tertiary/aromatic N) is 3. The summed E-state index contributed by atoms with van der Waals surface area (Å²) in [4.78, 5) is 55.5. The van der Waals surface area contributed by atoms with Crippen LogP contribution in [0.25, 0.3) is 0 Å². The number of rotatable bonds is 9. The standard InChI is InChI=1S/C27H40N2O4.C22H32N2O2.C17H23NO.C6H12O2.2ClH/c1-17(2)23(28-25(31)33-26(3,4)5)24(30)32-19-11-10-18-15-22-20-9-7-8-12-27(20,21(18)16-19)13-14-29(22)6;1-14(2)20(23)21(25)26-16-8-7-15-12-19-17-6-4-5-9-22(17,18(15)13-16)10-11-24(19)3;1-18-9-8-17-7-3-2-4-14(17)16(18)10-12-5-6-13(19)11-15(12)17;1-4(2)5(3)6(7)8;;/h10-11,16-17,20,22-23H,7-9,12-15H2,1-6H3,(H,28,31);7-8,13-14,17,19-20H,4-6,9-12,23H2,1-3H3;5-6,11,14,16,19H,2-4,7-10H2,1H3;4-5H,1-3H3,(H,7,8);2*1H/t20-,22+,23?,27+;17-,19+,20?,22+;14-,16+,17+;;;/m000.../s1. The minimum atomic E-state index is -0.774. The smallest absolute Gasteiger partial charge is 0.408 e. The van der Waals surface area contributed by atoms with Crippen molar-refractivity contribution < 1.29 is 43.6 Å². The molecule has 12 rings (SSSR count). The van der Waals surface area contributed by atoms with Crippen molar-refractivity contribution in [3.63, 3.8) is 0 Å². The lowest BCUT2D eigenvalue weighted by atomic mass is 9.52. The molecule has 5 N–H and O–H groups in total. The summed E-state index contributed by atoms with van der Waals surface area (Å²) in [6, 6.07) is 19.3. The zero-order valence-corrected chi connectivity index (χ0v) is 57.1. The molecule has 1 amide bonds. The average molecular weight is 1260 g/mol. The van der Waals surface area contributed by atoms with Crippen LogP contribution in [0, 0.1) is 41.4 Å². The highest BCUT2D eigenvalue weighted by molar-refractivity contribution is 5.86. The fourth-order valence-electron chi connectivity index (χ4n) is 17.5. The first kappa shape index (κ1) is 71.0. The maximum atomic E-state index is 13.1. The van der Waals surface area contributed by atoms with E-state index < -0.39 is 35.7 Å². The SMILES string of the molecule is CC(C)C(C)C(=O)O.CC(C)C(N)C(=O)Oc1ccc2c(c1)[C@@]13CCCC[C@H]1[C@@H](C2)N(C)CC3.CC(C)C(NC(=O)OC(C)(C)C)C(=O)Oc1ccc2c(c1)[C@@]13CCCC[C@H]1[C@@H](C2)N(C)CC3.CN1CC[C@]23CCCC[C@H]2[C@H]1Cc1ccc(O)cc13.Cl.Cl. The second-order valence-corrected chi connectivity index (χ2v) is 29.9. The van der Waals surface area contributed by atoms with Crippen LogP contribution in [0.4, 0.5) is 4.79 Å². The van der Waals surface area contributed by atoms with Crippen molar-refractivity contribution in [1.29, 1.82) is 0 Å². The third-order valence-electron chi connectivity index (χ3n) is 22.7. The Bertz CT molecular complexity index is 2910. The minimum absolute atomic E-state index is 0. The molecule has 3 heterocycles. The molecule has 3 aromatic rings. The molecule has 12 atom stereocenters. The van der Waals surface area contributed by atoms with Gasteiger partial charge < -0.3 is 50.2 Å². The minimum Gasteiger partial charge on any atom is -0.508 e. The van der Waals surface area contributed by atoms with Gasteiger partial charge in [-0.3, -0.25) is 4.79 Å². The molecule has 490 valence electrons. The number of likely N-dealkylation sites (N-methyl/N-ethyl adjacent to an activating group) is 3. The van der Waals surface area contributed by atoms with Gasteiger partial charge >= 0.3 is 24.0 Å². The number of phenols is 1. The number of carbonyl (C=O) groups is 4. The molecule has 16 heteroatoms. The van der Waals surface area contributed by atoms with Crippen LogP contribution in [0.2, 0.25) is 0 Å². The van der Waals surface area contributed by atoms with Gasteiger partial charge in [0.1, 0.15) is 34.9 Å². The number of phenolic OH excluding ortho intramolecular Hbond substituents is 1. The van der Waals surface area contributed by atoms with Crippen LogP contribution in [0.3, 0.4) is 0 Å². The summed E-state index contributed by atoms with van der Waals surface area (Å²) in [6.45, 7) is 22.1. The van der Waals surface area contributed by atoms with Crippen LogP contribution in [-0.4, -0.2) is 126 Å².